The summed E-state index contributed by atoms with van der Waals surface area (Å²) in [5, 5.41) is 17.4. The fourth-order valence-electron chi connectivity index (χ4n) is 2.17. The summed E-state index contributed by atoms with van der Waals surface area (Å²) >= 11 is 0. The molecule has 10 heteroatoms. The number of anilines is 4. The van der Waals surface area contributed by atoms with Crippen LogP contribution in [0.5, 0.6) is 11.5 Å². The molecule has 4 N–H and O–H groups in total. The second-order valence-corrected chi connectivity index (χ2v) is 5.53. The first-order valence-corrected chi connectivity index (χ1v) is 7.97. The second kappa shape index (κ2) is 8.19. The molecule has 0 aliphatic carbocycles. The van der Waals surface area contributed by atoms with E-state index in [2.05, 4.69) is 20.6 Å². The van der Waals surface area contributed by atoms with Crippen LogP contribution in [-0.4, -0.2) is 35.2 Å². The van der Waals surface area contributed by atoms with Gasteiger partial charge in [-0.3, -0.25) is 10.1 Å². The topological polar surface area (TPSA) is 137 Å². The third-order valence-corrected chi connectivity index (χ3v) is 3.74. The number of aromatic nitrogens is 2. The minimum absolute atomic E-state index is 0.0418. The third-order valence-electron chi connectivity index (χ3n) is 3.74. The molecule has 0 fully saturated rings. The Bertz CT molecular complexity index is 799. The third kappa shape index (κ3) is 4.21. The molecule has 0 saturated heterocycles. The predicted octanol–water partition coefficient (Wildman–Crippen LogP) is 2.94. The first-order chi connectivity index (χ1) is 12.4. The fraction of sp³-hybridized carbons (Fsp3) is 0.375. The van der Waals surface area contributed by atoms with E-state index in [0.717, 1.165) is 6.42 Å². The van der Waals surface area contributed by atoms with Gasteiger partial charge in [0.1, 0.15) is 11.5 Å². The van der Waals surface area contributed by atoms with Gasteiger partial charge in [-0.15, -0.1) is 0 Å². The van der Waals surface area contributed by atoms with Crippen molar-refractivity contribution in [1.82, 2.24) is 9.97 Å². The molecule has 1 heterocycles. The van der Waals surface area contributed by atoms with Gasteiger partial charge in [-0.25, -0.2) is 0 Å². The lowest BCUT2D eigenvalue weighted by Gasteiger charge is -2.15. The van der Waals surface area contributed by atoms with Crippen LogP contribution >= 0.6 is 0 Å². The van der Waals surface area contributed by atoms with E-state index in [1.165, 1.54) is 14.2 Å². The molecule has 0 amide bonds. The van der Waals surface area contributed by atoms with Gasteiger partial charge in [0.15, 0.2) is 0 Å². The quantitative estimate of drug-likeness (QED) is 0.478. The van der Waals surface area contributed by atoms with E-state index in [1.54, 1.807) is 18.2 Å². The first-order valence-electron chi connectivity index (χ1n) is 7.97. The summed E-state index contributed by atoms with van der Waals surface area (Å²) < 4.78 is 10.5. The summed E-state index contributed by atoms with van der Waals surface area (Å²) in [5.41, 5.74) is 5.83. The standard InChI is InChI=1S/C16H22N6O4/c1-5-9(2)18-16-20-14(17)13(22(23)24)15(21-16)19-11-8-10(25-3)6-7-12(11)26-4/h6-9H,5H2,1-4H3,(H4,17,18,19,20,21)/t9-/m0/s1. The SMILES string of the molecule is CC[C@H](C)Nc1nc(N)c([N+](=O)[O-])c(Nc2cc(OC)ccc2OC)n1. The Hall–Kier alpha value is -3.30. The Morgan fingerprint density at radius 3 is 2.62 bits per heavy atom. The highest BCUT2D eigenvalue weighted by molar-refractivity contribution is 5.77. The number of nitro groups is 1. The number of rotatable bonds is 8. The molecule has 0 bridgehead atoms. The van der Waals surface area contributed by atoms with Crippen molar-refractivity contribution in [2.24, 2.45) is 0 Å². The summed E-state index contributed by atoms with van der Waals surface area (Å²) in [6, 6.07) is 5.11. The minimum atomic E-state index is -0.628. The van der Waals surface area contributed by atoms with E-state index in [0.29, 0.717) is 17.2 Å². The van der Waals surface area contributed by atoms with E-state index < -0.39 is 10.6 Å². The van der Waals surface area contributed by atoms with Gasteiger partial charge in [0.2, 0.25) is 17.6 Å². The minimum Gasteiger partial charge on any atom is -0.497 e. The number of nitrogen functional groups attached to an aromatic ring is 1. The number of nitrogens with two attached hydrogens (primary N) is 1. The lowest BCUT2D eigenvalue weighted by atomic mass is 10.2. The van der Waals surface area contributed by atoms with Gasteiger partial charge in [-0.1, -0.05) is 6.92 Å². The van der Waals surface area contributed by atoms with E-state index in [9.17, 15) is 10.1 Å². The monoisotopic (exact) mass is 362 g/mol. The largest absolute Gasteiger partial charge is 0.497 e. The molecule has 140 valence electrons. The molecule has 2 aromatic rings. The summed E-state index contributed by atoms with van der Waals surface area (Å²) in [4.78, 5) is 19.0. The lowest BCUT2D eigenvalue weighted by molar-refractivity contribution is -0.383. The molecule has 0 radical (unpaired) electrons. The highest BCUT2D eigenvalue weighted by Gasteiger charge is 2.24. The van der Waals surface area contributed by atoms with Crippen molar-refractivity contribution in [3.8, 4) is 11.5 Å². The van der Waals surface area contributed by atoms with Crippen molar-refractivity contribution in [3.05, 3.63) is 28.3 Å². The van der Waals surface area contributed by atoms with Gasteiger partial charge >= 0.3 is 5.69 Å². The Morgan fingerprint density at radius 1 is 1.31 bits per heavy atom. The molecule has 0 unspecified atom stereocenters. The van der Waals surface area contributed by atoms with Crippen molar-refractivity contribution >= 4 is 29.0 Å². The normalized spacial score (nSPS) is 11.5. The van der Waals surface area contributed by atoms with Gasteiger partial charge in [-0.05, 0) is 25.5 Å². The first kappa shape index (κ1) is 19.0. The molecule has 2 rings (SSSR count). The van der Waals surface area contributed by atoms with Gasteiger partial charge < -0.3 is 25.8 Å². The van der Waals surface area contributed by atoms with E-state index in [-0.39, 0.29) is 23.6 Å². The molecule has 0 saturated carbocycles. The Labute approximate surface area is 150 Å². The van der Waals surface area contributed by atoms with Crippen LogP contribution in [0.1, 0.15) is 20.3 Å². The predicted molar refractivity (Wildman–Crippen MR) is 99.3 cm³/mol. The van der Waals surface area contributed by atoms with Crippen LogP contribution in [0.3, 0.4) is 0 Å². The number of hydrogen-bond acceptors (Lipinski definition) is 9. The van der Waals surface area contributed by atoms with Gasteiger partial charge in [0.05, 0.1) is 24.8 Å². The van der Waals surface area contributed by atoms with Crippen LogP contribution in [0.15, 0.2) is 18.2 Å². The van der Waals surface area contributed by atoms with Crippen molar-refractivity contribution in [2.45, 2.75) is 26.3 Å². The molecular formula is C16H22N6O4. The summed E-state index contributed by atoms with van der Waals surface area (Å²) in [5.74, 6) is 0.941. The van der Waals surface area contributed by atoms with Crippen LogP contribution < -0.4 is 25.8 Å². The Balaban J connectivity index is 2.51. The zero-order chi connectivity index (χ0) is 19.3. The van der Waals surface area contributed by atoms with Crippen molar-refractivity contribution in [3.63, 3.8) is 0 Å². The van der Waals surface area contributed by atoms with Crippen molar-refractivity contribution < 1.29 is 14.4 Å². The van der Waals surface area contributed by atoms with Crippen LogP contribution in [0.4, 0.5) is 29.0 Å². The number of nitrogens with zero attached hydrogens (tertiary/aromatic N) is 3. The molecule has 0 spiro atoms. The molecule has 1 atom stereocenters. The van der Waals surface area contributed by atoms with E-state index in [1.807, 2.05) is 13.8 Å². The molecule has 26 heavy (non-hydrogen) atoms. The van der Waals surface area contributed by atoms with Crippen LogP contribution in [0, 0.1) is 10.1 Å². The van der Waals surface area contributed by atoms with Crippen molar-refractivity contribution in [1.29, 1.82) is 0 Å². The second-order valence-electron chi connectivity index (χ2n) is 5.53. The number of benzene rings is 1. The summed E-state index contributed by atoms with van der Waals surface area (Å²) in [7, 11) is 3.01. The van der Waals surface area contributed by atoms with Crippen LogP contribution in [0.2, 0.25) is 0 Å². The van der Waals surface area contributed by atoms with Gasteiger partial charge in [0.25, 0.3) is 0 Å². The molecule has 0 aliphatic rings. The number of nitrogens with one attached hydrogen (secondary N) is 2. The molecule has 1 aromatic carbocycles. The van der Waals surface area contributed by atoms with Crippen LogP contribution in [0.25, 0.3) is 0 Å². The maximum absolute atomic E-state index is 11.4. The fourth-order valence-corrected chi connectivity index (χ4v) is 2.17. The maximum atomic E-state index is 11.4. The number of ether oxygens (including phenoxy) is 2. The Morgan fingerprint density at radius 2 is 2.04 bits per heavy atom. The Kier molecular flexibility index (Phi) is 5.99. The van der Waals surface area contributed by atoms with Crippen LogP contribution in [-0.2, 0) is 0 Å². The van der Waals surface area contributed by atoms with E-state index >= 15 is 0 Å². The van der Waals surface area contributed by atoms with Gasteiger partial charge in [0, 0.05) is 12.1 Å². The average Bonchev–Trinajstić information content (AvgIpc) is 2.60. The zero-order valence-electron chi connectivity index (χ0n) is 15.1. The highest BCUT2D eigenvalue weighted by atomic mass is 16.6. The average molecular weight is 362 g/mol. The van der Waals surface area contributed by atoms with Crippen molar-refractivity contribution in [2.75, 3.05) is 30.6 Å². The lowest BCUT2D eigenvalue weighted by Crippen LogP contribution is -2.17. The molecular weight excluding hydrogens is 340 g/mol. The summed E-state index contributed by atoms with van der Waals surface area (Å²) in [6.45, 7) is 3.94. The highest BCUT2D eigenvalue weighted by Crippen LogP contribution is 2.36. The molecule has 1 aromatic heterocycles. The van der Waals surface area contributed by atoms with E-state index in [4.69, 9.17) is 15.2 Å². The van der Waals surface area contributed by atoms with Gasteiger partial charge in [-0.2, -0.15) is 9.97 Å². The zero-order valence-corrected chi connectivity index (χ0v) is 15.1. The molecule has 0 aliphatic heterocycles. The summed E-state index contributed by atoms with van der Waals surface area (Å²) in [6.07, 6.45) is 0.826. The smallest absolute Gasteiger partial charge is 0.353 e. The number of methoxy groups -OCH3 is 2. The maximum Gasteiger partial charge on any atom is 0.353 e. The molecule has 10 nitrogen and oxygen atoms in total. The number of hydrogen-bond donors (Lipinski definition) is 3.